The third-order valence-electron chi connectivity index (χ3n) is 5.57. The molecule has 0 bridgehead atoms. The Kier molecular flexibility index (Phi) is 5.18. The maximum absolute atomic E-state index is 6.02. The number of thiazole rings is 1. The molecule has 1 fully saturated rings. The van der Waals surface area contributed by atoms with E-state index in [1.165, 1.54) is 11.3 Å². The molecule has 30 heavy (non-hydrogen) atoms. The molecule has 1 atom stereocenters. The van der Waals surface area contributed by atoms with Crippen molar-refractivity contribution in [1.82, 2.24) is 25.1 Å². The minimum Gasteiger partial charge on any atom is -0.497 e. The monoisotopic (exact) mass is 421 g/mol. The number of hydrogen-bond acceptors (Lipinski definition) is 8. The molecule has 0 amide bonds. The van der Waals surface area contributed by atoms with E-state index in [4.69, 9.17) is 14.1 Å². The molecule has 0 N–H and O–H groups in total. The third kappa shape index (κ3) is 3.80. The highest BCUT2D eigenvalue weighted by Gasteiger charge is 2.27. The van der Waals surface area contributed by atoms with E-state index in [0.717, 1.165) is 71.3 Å². The van der Waals surface area contributed by atoms with Gasteiger partial charge in [0.05, 0.1) is 35.4 Å². The lowest BCUT2D eigenvalue weighted by atomic mass is 9.98. The Morgan fingerprint density at radius 2 is 2.17 bits per heavy atom. The first kappa shape index (κ1) is 19.1. The number of aromatic nitrogens is 4. The fourth-order valence-electron chi connectivity index (χ4n) is 3.99. The first-order chi connectivity index (χ1) is 14.7. The van der Waals surface area contributed by atoms with Gasteiger partial charge < -0.3 is 9.15 Å². The molecule has 5 rings (SSSR count). The number of pyridine rings is 1. The summed E-state index contributed by atoms with van der Waals surface area (Å²) in [5.41, 5.74) is 4.80. The van der Waals surface area contributed by atoms with Crippen LogP contribution in [-0.4, -0.2) is 45.3 Å². The Bertz CT molecular complexity index is 1170. The van der Waals surface area contributed by atoms with E-state index in [0.29, 0.717) is 5.89 Å². The highest BCUT2D eigenvalue weighted by atomic mass is 32.1. The summed E-state index contributed by atoms with van der Waals surface area (Å²) < 4.78 is 11.3. The molecular weight excluding hydrogens is 398 g/mol. The molecule has 1 aliphatic rings. The normalized spacial score (nSPS) is 17.5. The third-order valence-corrected chi connectivity index (χ3v) is 6.49. The molecule has 1 aromatic carbocycles. The van der Waals surface area contributed by atoms with Crippen LogP contribution in [0, 0.1) is 6.92 Å². The molecule has 0 saturated carbocycles. The molecule has 4 heterocycles. The van der Waals surface area contributed by atoms with Gasteiger partial charge in [0.15, 0.2) is 0 Å². The summed E-state index contributed by atoms with van der Waals surface area (Å²) in [6, 6.07) is 10.2. The van der Waals surface area contributed by atoms with Gasteiger partial charge in [0.25, 0.3) is 5.89 Å². The van der Waals surface area contributed by atoms with E-state index in [2.05, 4.69) is 32.2 Å². The smallest absolute Gasteiger partial charge is 0.259 e. The molecule has 1 aliphatic heterocycles. The lowest BCUT2D eigenvalue weighted by molar-refractivity contribution is 0.185. The van der Waals surface area contributed by atoms with Crippen LogP contribution >= 0.6 is 11.3 Å². The van der Waals surface area contributed by atoms with Crippen LogP contribution in [0.15, 0.2) is 40.3 Å². The largest absolute Gasteiger partial charge is 0.497 e. The summed E-state index contributed by atoms with van der Waals surface area (Å²) in [7, 11) is 1.68. The Morgan fingerprint density at radius 3 is 3.00 bits per heavy atom. The van der Waals surface area contributed by atoms with E-state index in [1.807, 2.05) is 30.6 Å². The van der Waals surface area contributed by atoms with Gasteiger partial charge in [0.1, 0.15) is 10.6 Å². The van der Waals surface area contributed by atoms with Gasteiger partial charge in [-0.25, -0.2) is 4.98 Å². The zero-order valence-electron chi connectivity index (χ0n) is 17.0. The number of likely N-dealkylation sites (tertiary alicyclic amines) is 1. The SMILES string of the molecule is COc1ccc2nc(CN3CCCC(c4nnc(-c5scnc5C)o4)C3)ccc2c1. The number of aryl methyl sites for hydroxylation is 1. The summed E-state index contributed by atoms with van der Waals surface area (Å²) >= 11 is 1.53. The second-order valence-electron chi connectivity index (χ2n) is 7.65. The van der Waals surface area contributed by atoms with E-state index >= 15 is 0 Å². The van der Waals surface area contributed by atoms with Gasteiger partial charge in [0, 0.05) is 18.5 Å². The van der Waals surface area contributed by atoms with Crippen LogP contribution in [0.4, 0.5) is 0 Å². The average molecular weight is 422 g/mol. The maximum Gasteiger partial charge on any atom is 0.259 e. The van der Waals surface area contributed by atoms with Crippen molar-refractivity contribution in [2.45, 2.75) is 32.2 Å². The standard InChI is InChI=1S/C22H23N5O2S/c1-14-20(30-13-23-14)22-26-25-21(29-22)16-4-3-9-27(11-16)12-17-6-5-15-10-18(28-2)7-8-19(15)24-17/h5-8,10,13,16H,3-4,9,11-12H2,1-2H3. The minimum atomic E-state index is 0.248. The summed E-state index contributed by atoms with van der Waals surface area (Å²) in [6.45, 7) is 4.72. The first-order valence-corrected chi connectivity index (χ1v) is 11.0. The molecule has 0 radical (unpaired) electrons. The van der Waals surface area contributed by atoms with Gasteiger partial charge >= 0.3 is 0 Å². The van der Waals surface area contributed by atoms with Crippen LogP contribution in [0.3, 0.4) is 0 Å². The summed E-state index contributed by atoms with van der Waals surface area (Å²) in [5.74, 6) is 2.40. The molecule has 8 heteroatoms. The number of nitrogens with zero attached hydrogens (tertiary/aromatic N) is 5. The van der Waals surface area contributed by atoms with Crippen molar-refractivity contribution in [1.29, 1.82) is 0 Å². The summed E-state index contributed by atoms with van der Waals surface area (Å²) in [4.78, 5) is 12.5. The molecule has 1 saturated heterocycles. The Hall–Kier alpha value is -2.84. The fourth-order valence-corrected chi connectivity index (χ4v) is 4.71. The zero-order chi connectivity index (χ0) is 20.5. The molecule has 1 unspecified atom stereocenters. The van der Waals surface area contributed by atoms with Crippen LogP contribution in [0.5, 0.6) is 5.75 Å². The van der Waals surface area contributed by atoms with Gasteiger partial charge in [0.2, 0.25) is 5.89 Å². The number of methoxy groups -OCH3 is 1. The topological polar surface area (TPSA) is 77.2 Å². The van der Waals surface area contributed by atoms with Crippen molar-refractivity contribution in [3.05, 3.63) is 53.1 Å². The van der Waals surface area contributed by atoms with Gasteiger partial charge in [-0.3, -0.25) is 9.88 Å². The van der Waals surface area contributed by atoms with Gasteiger partial charge in [-0.2, -0.15) is 0 Å². The fraction of sp³-hybridized carbons (Fsp3) is 0.364. The summed E-state index contributed by atoms with van der Waals surface area (Å²) in [5, 5.41) is 9.70. The van der Waals surface area contributed by atoms with Gasteiger partial charge in [-0.15, -0.1) is 21.5 Å². The number of fused-ring (bicyclic) bond motifs is 1. The average Bonchev–Trinajstić information content (AvgIpc) is 3.42. The van der Waals surface area contributed by atoms with Crippen molar-refractivity contribution in [2.75, 3.05) is 20.2 Å². The lowest BCUT2D eigenvalue weighted by Gasteiger charge is -2.30. The highest BCUT2D eigenvalue weighted by molar-refractivity contribution is 7.13. The van der Waals surface area contributed by atoms with Crippen LogP contribution in [0.25, 0.3) is 21.7 Å². The van der Waals surface area contributed by atoms with Gasteiger partial charge in [-0.05, 0) is 50.6 Å². The van der Waals surface area contributed by atoms with E-state index in [9.17, 15) is 0 Å². The van der Waals surface area contributed by atoms with E-state index < -0.39 is 0 Å². The Labute approximate surface area is 178 Å². The minimum absolute atomic E-state index is 0.248. The molecule has 154 valence electrons. The Morgan fingerprint density at radius 1 is 1.23 bits per heavy atom. The first-order valence-electron chi connectivity index (χ1n) is 10.1. The van der Waals surface area contributed by atoms with E-state index in [-0.39, 0.29) is 5.92 Å². The molecule has 7 nitrogen and oxygen atoms in total. The second-order valence-corrected chi connectivity index (χ2v) is 8.50. The lowest BCUT2D eigenvalue weighted by Crippen LogP contribution is -2.34. The zero-order valence-corrected chi connectivity index (χ0v) is 17.9. The van der Waals surface area contributed by atoms with Crippen LogP contribution < -0.4 is 4.74 Å². The second kappa shape index (κ2) is 8.12. The van der Waals surface area contributed by atoms with Crippen LogP contribution in [0.1, 0.15) is 36.0 Å². The Balaban J connectivity index is 1.29. The van der Waals surface area contributed by atoms with E-state index in [1.54, 1.807) is 7.11 Å². The van der Waals surface area contributed by atoms with Gasteiger partial charge in [-0.1, -0.05) is 6.07 Å². The molecule has 0 spiro atoms. The number of hydrogen-bond donors (Lipinski definition) is 0. The van der Waals surface area contributed by atoms with Crippen molar-refractivity contribution in [3.63, 3.8) is 0 Å². The van der Waals surface area contributed by atoms with Crippen molar-refractivity contribution < 1.29 is 9.15 Å². The highest BCUT2D eigenvalue weighted by Crippen LogP contribution is 2.31. The number of ether oxygens (including phenoxy) is 1. The number of benzene rings is 1. The summed E-state index contributed by atoms with van der Waals surface area (Å²) in [6.07, 6.45) is 2.16. The number of piperidine rings is 1. The van der Waals surface area contributed by atoms with Crippen molar-refractivity contribution in [3.8, 4) is 16.5 Å². The number of rotatable bonds is 5. The quantitative estimate of drug-likeness (QED) is 0.471. The van der Waals surface area contributed by atoms with Crippen LogP contribution in [-0.2, 0) is 6.54 Å². The molecular formula is C22H23N5O2S. The predicted octanol–water partition coefficient (Wildman–Crippen LogP) is 4.44. The molecule has 3 aromatic heterocycles. The van der Waals surface area contributed by atoms with Crippen LogP contribution in [0.2, 0.25) is 0 Å². The molecule has 0 aliphatic carbocycles. The molecule has 4 aromatic rings. The maximum atomic E-state index is 6.02. The van der Waals surface area contributed by atoms with Crippen molar-refractivity contribution in [2.24, 2.45) is 0 Å². The predicted molar refractivity (Wildman–Crippen MR) is 116 cm³/mol. The van der Waals surface area contributed by atoms with Crippen molar-refractivity contribution >= 4 is 22.2 Å².